The Morgan fingerprint density at radius 3 is 1.68 bits per heavy atom. The predicted octanol–water partition coefficient (Wildman–Crippen LogP) is 9.82. The van der Waals surface area contributed by atoms with Gasteiger partial charge in [0.25, 0.3) is 0 Å². The Labute approximate surface area is 472 Å². The van der Waals surface area contributed by atoms with E-state index in [0.717, 1.165) is 123 Å². The number of hydrogen-bond donors (Lipinski definition) is 5. The highest BCUT2D eigenvalue weighted by Crippen LogP contribution is 2.13. The number of aromatic nitrogens is 9. The lowest BCUT2D eigenvalue weighted by atomic mass is 10.1. The van der Waals surface area contributed by atoms with Gasteiger partial charge in [-0.2, -0.15) is 0 Å². The Kier molecular flexibility index (Phi) is 38.1. The molecule has 0 bridgehead atoms. The van der Waals surface area contributed by atoms with Crippen molar-refractivity contribution in [3.8, 4) is 0 Å². The molecule has 5 aromatic heterocycles. The maximum atomic E-state index is 12.5. The minimum absolute atomic E-state index is 0. The van der Waals surface area contributed by atoms with Crippen molar-refractivity contribution < 1.29 is 23.8 Å². The molecule has 436 valence electrons. The van der Waals surface area contributed by atoms with Gasteiger partial charge in [0.05, 0.1) is 30.4 Å². The molecule has 7 heterocycles. The molecule has 2 aliphatic heterocycles. The Bertz CT molecular complexity index is 2500. The van der Waals surface area contributed by atoms with E-state index in [4.69, 9.17) is 31.2 Å². The standard InChI is InChI=1S/C9H11F.2C8H13N3.C8H16N2O.C8H12NO.C7H14N2O.C5H7N3.C5H6N2.CH4/c1-3-8-6-9(10)5-4-7(8)2;1-7-4-5-9-8(10-7)6-11(2)3;1-3-5-9-8-10-6-4-7(2)11-8;1-7(9)10-5-3-8(11-2)4-6-10;1-3-8-6-9(10)5-4-7(8)2;1-6(8)9-4-3-7(5-9)10-2;1-4-2-3-7-5(6)8-4;1-5-2-3-6-4-7-5;/h4-6H,3H2,1-2H3;4-5H,6H2,1-3H3;4,6H,3,5H2,1-2H3,(H,9,10,11);8-9H,3-6H2,1-2H3;4-6,10H,3H2,1-2H3;7-8H,3-5H2,1-2H3;2-3H,1H3,(H2,6,7,8);2-4H,1H3;1H4/q;;;;+1;;;;. The number of nitrogens with two attached hydrogens (primary N) is 1. The normalized spacial score (nSPS) is 13.1. The highest BCUT2D eigenvalue weighted by molar-refractivity contribution is 5.76. The molecule has 0 radical (unpaired) electrons. The first-order valence-electron chi connectivity index (χ1n) is 26.5. The number of pyridine rings is 1. The van der Waals surface area contributed by atoms with Gasteiger partial charge in [0.15, 0.2) is 0 Å². The summed E-state index contributed by atoms with van der Waals surface area (Å²) < 4.78 is 24.0. The van der Waals surface area contributed by atoms with Gasteiger partial charge in [-0.15, -0.1) is 0 Å². The van der Waals surface area contributed by atoms with E-state index in [1.807, 2.05) is 112 Å². The van der Waals surface area contributed by atoms with Crippen molar-refractivity contribution in [2.24, 2.45) is 0 Å². The second kappa shape index (κ2) is 41.9. The molecule has 0 spiro atoms. The molecule has 8 rings (SSSR count). The molecule has 2 fully saturated rings. The summed E-state index contributed by atoms with van der Waals surface area (Å²) in [7, 11) is 7.50. The molecule has 0 saturated carbocycles. The average molecular weight is 1100 g/mol. The van der Waals surface area contributed by atoms with Crippen LogP contribution < -0.4 is 15.8 Å². The molecule has 2 saturated heterocycles. The quantitative estimate of drug-likeness (QED) is 0.0392. The summed E-state index contributed by atoms with van der Waals surface area (Å²) in [5.41, 5.74) is 13.9. The average Bonchev–Trinajstić information content (AvgIpc) is 3.91. The molecule has 0 aliphatic carbocycles. The Morgan fingerprint density at radius 2 is 1.27 bits per heavy atom. The molecule has 1 atom stereocenters. The van der Waals surface area contributed by atoms with Crippen LogP contribution in [0.4, 0.5) is 16.3 Å². The van der Waals surface area contributed by atoms with Gasteiger partial charge < -0.3 is 35.2 Å². The first-order valence-corrected chi connectivity index (χ1v) is 26.5. The number of halogens is 1. The molecule has 1 unspecified atom stereocenters. The maximum absolute atomic E-state index is 12.5. The monoisotopic (exact) mass is 1100 g/mol. The third kappa shape index (κ3) is 33.7. The molecule has 6 aromatic rings. The van der Waals surface area contributed by atoms with Gasteiger partial charge in [0.1, 0.15) is 18.0 Å². The van der Waals surface area contributed by atoms with Gasteiger partial charge >= 0.3 is 0 Å². The van der Waals surface area contributed by atoms with Gasteiger partial charge in [0.2, 0.25) is 24.3 Å². The van der Waals surface area contributed by atoms with Gasteiger partial charge in [0, 0.05) is 111 Å². The van der Waals surface area contributed by atoms with E-state index in [0.29, 0.717) is 29.8 Å². The van der Waals surface area contributed by atoms with Crippen LogP contribution in [0.15, 0.2) is 92.0 Å². The van der Waals surface area contributed by atoms with Crippen molar-refractivity contribution in [2.45, 2.75) is 141 Å². The maximum Gasteiger partial charge on any atom is 0.225 e. The van der Waals surface area contributed by atoms with Gasteiger partial charge in [-0.3, -0.25) is 16.0 Å². The number of anilines is 2. The molecule has 19 nitrogen and oxygen atoms in total. The lowest BCUT2D eigenvalue weighted by molar-refractivity contribution is -0.905. The summed E-state index contributed by atoms with van der Waals surface area (Å²) in [6.45, 7) is 27.2. The van der Waals surface area contributed by atoms with E-state index in [9.17, 15) is 4.39 Å². The van der Waals surface area contributed by atoms with Crippen molar-refractivity contribution in [2.75, 3.05) is 72.1 Å². The Balaban J connectivity index is 0.000000881. The molecular weight excluding hydrogens is 1000 g/mol. The zero-order chi connectivity index (χ0) is 58.4. The largest absolute Gasteiger partial charge is 0.381 e. The number of benzene rings is 1. The number of hydrogen-bond acceptors (Lipinski definition) is 16. The highest BCUT2D eigenvalue weighted by atomic mass is 19.1. The third-order valence-corrected chi connectivity index (χ3v) is 11.7. The Hall–Kier alpha value is -7.16. The second-order valence-electron chi connectivity index (χ2n) is 18.7. The predicted molar refractivity (Wildman–Crippen MR) is 318 cm³/mol. The fraction of sp³-hybridized carbons (Fsp3) is 0.508. The van der Waals surface area contributed by atoms with Gasteiger partial charge in [-0.1, -0.05) is 34.3 Å². The molecule has 6 N–H and O–H groups in total. The van der Waals surface area contributed by atoms with E-state index in [1.165, 1.54) is 29.1 Å². The summed E-state index contributed by atoms with van der Waals surface area (Å²) in [4.78, 5) is 38.0. The number of nitrogens with one attached hydrogen (secondary N) is 3. The van der Waals surface area contributed by atoms with Crippen molar-refractivity contribution >= 4 is 23.6 Å². The zero-order valence-corrected chi connectivity index (χ0v) is 49.4. The number of likely N-dealkylation sites (tertiary alicyclic amines) is 2. The number of amidine groups is 2. The summed E-state index contributed by atoms with van der Waals surface area (Å²) in [6.07, 6.45) is 18.7. The van der Waals surface area contributed by atoms with E-state index in [-0.39, 0.29) is 13.2 Å². The van der Waals surface area contributed by atoms with E-state index >= 15 is 0 Å². The number of aryl methyl sites for hydroxylation is 8. The molecule has 2 aliphatic rings. The zero-order valence-electron chi connectivity index (χ0n) is 49.4. The van der Waals surface area contributed by atoms with Crippen LogP contribution in [0, 0.1) is 58.2 Å². The van der Waals surface area contributed by atoms with Gasteiger partial charge in [-0.05, 0) is 161 Å². The fourth-order valence-electron chi connectivity index (χ4n) is 7.10. The van der Waals surface area contributed by atoms with E-state index in [1.54, 1.807) is 63.5 Å². The molecular formula is C59H96FN16O3+. The van der Waals surface area contributed by atoms with Crippen LogP contribution in [0.2, 0.25) is 0 Å². The molecule has 0 amide bonds. The SMILES string of the molecule is C.CCCNc1nccc(C)n1.CCc1c[n+](O)ccc1C.CCc1cc(F)ccc1C.COC1CCN(C(C)=N)C1.COC1CCN(C(C)=N)CC1.Cc1ccnc(CN(C)C)n1.Cc1ccnc(N)n1.Cc1ccncn1. The van der Waals surface area contributed by atoms with Crippen molar-refractivity contribution in [3.05, 3.63) is 149 Å². The second-order valence-corrected chi connectivity index (χ2v) is 18.7. The molecule has 79 heavy (non-hydrogen) atoms. The number of ether oxygens (including phenoxy) is 2. The van der Waals surface area contributed by atoms with Crippen LogP contribution in [-0.4, -0.2) is 145 Å². The third-order valence-electron chi connectivity index (χ3n) is 11.7. The number of nitrogens with zero attached hydrogens (tertiary/aromatic N) is 12. The van der Waals surface area contributed by atoms with Crippen LogP contribution in [0.5, 0.6) is 0 Å². The van der Waals surface area contributed by atoms with Crippen molar-refractivity contribution in [3.63, 3.8) is 0 Å². The lowest BCUT2D eigenvalue weighted by Crippen LogP contribution is -2.39. The Morgan fingerprint density at radius 1 is 0.722 bits per heavy atom. The van der Waals surface area contributed by atoms with Crippen molar-refractivity contribution in [1.29, 1.82) is 10.8 Å². The number of piperidine rings is 1. The first-order chi connectivity index (χ1) is 37.1. The summed E-state index contributed by atoms with van der Waals surface area (Å²) in [5, 5.41) is 26.8. The number of nitrogen functional groups attached to an aromatic ring is 1. The minimum atomic E-state index is -0.137. The van der Waals surface area contributed by atoms with E-state index < -0.39 is 0 Å². The molecule has 20 heteroatoms. The van der Waals surface area contributed by atoms with E-state index in [2.05, 4.69) is 68.8 Å². The number of methoxy groups -OCH3 is 2. The van der Waals surface area contributed by atoms with Crippen LogP contribution in [0.3, 0.4) is 0 Å². The summed E-state index contributed by atoms with van der Waals surface area (Å²) >= 11 is 0. The fourth-order valence-corrected chi connectivity index (χ4v) is 7.10. The summed E-state index contributed by atoms with van der Waals surface area (Å²) in [6, 6.07) is 14.3. The van der Waals surface area contributed by atoms with Crippen LogP contribution in [-0.2, 0) is 28.9 Å². The minimum Gasteiger partial charge on any atom is -0.381 e. The summed E-state index contributed by atoms with van der Waals surface area (Å²) in [5.74, 6) is 3.15. The smallest absolute Gasteiger partial charge is 0.225 e. The molecule has 1 aromatic carbocycles. The van der Waals surface area contributed by atoms with Crippen LogP contribution >= 0.6 is 0 Å². The van der Waals surface area contributed by atoms with Crippen LogP contribution in [0.1, 0.15) is 119 Å². The number of rotatable bonds is 9. The highest BCUT2D eigenvalue weighted by Gasteiger charge is 2.21. The van der Waals surface area contributed by atoms with Crippen LogP contribution in [0.25, 0.3) is 0 Å². The topological polar surface area (TPSA) is 241 Å². The first kappa shape index (κ1) is 71.8. The van der Waals surface area contributed by atoms with Crippen molar-refractivity contribution in [1.82, 2.24) is 54.6 Å². The van der Waals surface area contributed by atoms with Gasteiger partial charge in [-0.25, -0.2) is 44.3 Å². The lowest BCUT2D eigenvalue weighted by Gasteiger charge is -2.31.